The average molecular weight is 398 g/mol. The third-order valence-electron chi connectivity index (χ3n) is 4.27. The van der Waals surface area contributed by atoms with Crippen molar-refractivity contribution in [1.82, 2.24) is 0 Å². The fourth-order valence-corrected chi connectivity index (χ4v) is 3.74. The van der Waals surface area contributed by atoms with E-state index in [1.165, 1.54) is 11.8 Å². The van der Waals surface area contributed by atoms with Gasteiger partial charge in [-0.05, 0) is 49.7 Å². The van der Waals surface area contributed by atoms with Crippen LogP contribution in [0, 0.1) is 0 Å². The summed E-state index contributed by atoms with van der Waals surface area (Å²) in [6.07, 6.45) is 1.44. The van der Waals surface area contributed by atoms with E-state index < -0.39 is 17.1 Å². The highest BCUT2D eigenvalue weighted by molar-refractivity contribution is 8.00. The van der Waals surface area contributed by atoms with Crippen molar-refractivity contribution in [3.05, 3.63) is 54.6 Å². The van der Waals surface area contributed by atoms with E-state index in [-0.39, 0.29) is 12.5 Å². The molecule has 2 aromatic rings. The molecule has 2 aromatic carbocycles. The molecule has 1 fully saturated rings. The van der Waals surface area contributed by atoms with Crippen molar-refractivity contribution in [1.29, 1.82) is 0 Å². The predicted molar refractivity (Wildman–Crippen MR) is 109 cm³/mol. The number of benzene rings is 2. The van der Waals surface area contributed by atoms with Crippen molar-refractivity contribution in [3.8, 4) is 0 Å². The number of nitrogens with one attached hydrogen (secondary N) is 1. The molecule has 3 rings (SSSR count). The van der Waals surface area contributed by atoms with Gasteiger partial charge in [-0.2, -0.15) is 0 Å². The van der Waals surface area contributed by atoms with Crippen molar-refractivity contribution >= 4 is 40.9 Å². The molecule has 2 amide bonds. The topological polar surface area (TPSA) is 75.7 Å². The van der Waals surface area contributed by atoms with E-state index in [0.29, 0.717) is 12.1 Å². The number of esters is 1. The lowest BCUT2D eigenvalue weighted by molar-refractivity contribution is -0.146. The van der Waals surface area contributed by atoms with Crippen LogP contribution in [-0.2, 0) is 19.1 Å². The van der Waals surface area contributed by atoms with Gasteiger partial charge in [0, 0.05) is 29.2 Å². The number of carbonyl (C=O) groups is 3. The number of hydrogen-bond acceptors (Lipinski definition) is 5. The molecule has 1 heterocycles. The summed E-state index contributed by atoms with van der Waals surface area (Å²) in [7, 11) is 0. The van der Waals surface area contributed by atoms with E-state index in [2.05, 4.69) is 5.32 Å². The van der Waals surface area contributed by atoms with Gasteiger partial charge in [-0.1, -0.05) is 18.2 Å². The third kappa shape index (κ3) is 5.36. The number of hydrogen-bond donors (Lipinski definition) is 1. The number of thioether (sulfide) groups is 1. The summed E-state index contributed by atoms with van der Waals surface area (Å²) in [4.78, 5) is 38.6. The highest BCUT2D eigenvalue weighted by Gasteiger charge is 2.21. The highest BCUT2D eigenvalue weighted by atomic mass is 32.2. The fourth-order valence-electron chi connectivity index (χ4n) is 2.85. The maximum Gasteiger partial charge on any atom is 0.319 e. The van der Waals surface area contributed by atoms with Crippen molar-refractivity contribution in [2.24, 2.45) is 0 Å². The molecule has 28 heavy (non-hydrogen) atoms. The fraction of sp³-hybridized carbons (Fsp3) is 0.286. The molecule has 0 saturated carbocycles. The Kier molecular flexibility index (Phi) is 6.71. The van der Waals surface area contributed by atoms with Gasteiger partial charge in [-0.15, -0.1) is 11.8 Å². The van der Waals surface area contributed by atoms with Gasteiger partial charge in [0.1, 0.15) is 5.25 Å². The van der Waals surface area contributed by atoms with E-state index >= 15 is 0 Å². The van der Waals surface area contributed by atoms with Crippen molar-refractivity contribution < 1.29 is 19.1 Å². The Morgan fingerprint density at radius 1 is 1.14 bits per heavy atom. The van der Waals surface area contributed by atoms with Gasteiger partial charge in [-0.3, -0.25) is 14.4 Å². The van der Waals surface area contributed by atoms with E-state index in [4.69, 9.17) is 4.74 Å². The summed E-state index contributed by atoms with van der Waals surface area (Å²) in [6, 6.07) is 16.6. The van der Waals surface area contributed by atoms with Crippen LogP contribution in [0.5, 0.6) is 0 Å². The zero-order valence-corrected chi connectivity index (χ0v) is 16.4. The Labute approximate surface area is 168 Å². The van der Waals surface area contributed by atoms with E-state index in [1.807, 2.05) is 30.3 Å². The molecule has 7 heteroatoms. The number of anilines is 2. The first-order valence-electron chi connectivity index (χ1n) is 9.11. The van der Waals surface area contributed by atoms with Crippen LogP contribution < -0.4 is 10.2 Å². The van der Waals surface area contributed by atoms with Gasteiger partial charge in [0.15, 0.2) is 6.61 Å². The van der Waals surface area contributed by atoms with Gasteiger partial charge in [0.2, 0.25) is 5.91 Å². The maximum atomic E-state index is 12.1. The lowest BCUT2D eigenvalue weighted by Gasteiger charge is -2.16. The molecule has 0 unspecified atom stereocenters. The van der Waals surface area contributed by atoms with Crippen LogP contribution in [0.15, 0.2) is 59.5 Å². The Bertz CT molecular complexity index is 839. The summed E-state index contributed by atoms with van der Waals surface area (Å²) in [5.41, 5.74) is 1.40. The quantitative estimate of drug-likeness (QED) is 0.571. The molecule has 0 aromatic heterocycles. The van der Waals surface area contributed by atoms with Crippen LogP contribution >= 0.6 is 11.8 Å². The molecular weight excluding hydrogens is 376 g/mol. The molecule has 1 N–H and O–H groups in total. The maximum absolute atomic E-state index is 12.1. The number of amides is 2. The van der Waals surface area contributed by atoms with Gasteiger partial charge in [-0.25, -0.2) is 0 Å². The second-order valence-corrected chi connectivity index (χ2v) is 7.84. The first kappa shape index (κ1) is 19.9. The third-order valence-corrected chi connectivity index (χ3v) is 5.36. The summed E-state index contributed by atoms with van der Waals surface area (Å²) in [5.74, 6) is -0.728. The summed E-state index contributed by atoms with van der Waals surface area (Å²) < 4.78 is 5.10. The lowest BCUT2D eigenvalue weighted by atomic mass is 10.2. The standard InChI is InChI=1S/C21H22N2O4S/c1-15(28-18-6-3-2-4-7-18)21(26)27-14-19(24)22-16-9-11-17(12-10-16)23-13-5-8-20(23)25/h2-4,6-7,9-12,15H,5,8,13-14H2,1H3,(H,22,24)/t15-/m1/s1. The Hall–Kier alpha value is -2.80. The van der Waals surface area contributed by atoms with Crippen molar-refractivity contribution in [2.75, 3.05) is 23.4 Å². The van der Waals surface area contributed by atoms with Crippen LogP contribution in [-0.4, -0.2) is 36.2 Å². The van der Waals surface area contributed by atoms with E-state index in [0.717, 1.165) is 23.5 Å². The molecular formula is C21H22N2O4S. The van der Waals surface area contributed by atoms with Gasteiger partial charge >= 0.3 is 5.97 Å². The minimum Gasteiger partial charge on any atom is -0.455 e. The minimum absolute atomic E-state index is 0.117. The first-order valence-corrected chi connectivity index (χ1v) is 9.99. The predicted octanol–water partition coefficient (Wildman–Crippen LogP) is 3.48. The van der Waals surface area contributed by atoms with Gasteiger partial charge < -0.3 is 15.0 Å². The van der Waals surface area contributed by atoms with E-state index in [1.54, 1.807) is 36.1 Å². The van der Waals surface area contributed by atoms with Crippen LogP contribution in [0.1, 0.15) is 19.8 Å². The zero-order valence-electron chi connectivity index (χ0n) is 15.6. The van der Waals surface area contributed by atoms with E-state index in [9.17, 15) is 14.4 Å². The van der Waals surface area contributed by atoms with Crippen LogP contribution in [0.2, 0.25) is 0 Å². The first-order chi connectivity index (χ1) is 13.5. The molecule has 146 valence electrons. The second kappa shape index (κ2) is 9.41. The number of ether oxygens (including phenoxy) is 1. The molecule has 1 aliphatic heterocycles. The number of carbonyl (C=O) groups excluding carboxylic acids is 3. The second-order valence-electron chi connectivity index (χ2n) is 6.42. The summed E-state index contributed by atoms with van der Waals surface area (Å²) in [6.45, 7) is 2.13. The van der Waals surface area contributed by atoms with Crippen LogP contribution in [0.4, 0.5) is 11.4 Å². The molecule has 1 aliphatic rings. The number of rotatable bonds is 7. The lowest BCUT2D eigenvalue weighted by Crippen LogP contribution is -2.25. The highest BCUT2D eigenvalue weighted by Crippen LogP contribution is 2.24. The molecule has 1 saturated heterocycles. The SMILES string of the molecule is C[C@@H](Sc1ccccc1)C(=O)OCC(=O)Nc1ccc(N2CCCC2=O)cc1. The largest absolute Gasteiger partial charge is 0.455 e. The Balaban J connectivity index is 1.44. The van der Waals surface area contributed by atoms with Crippen molar-refractivity contribution in [3.63, 3.8) is 0 Å². The molecule has 0 aliphatic carbocycles. The molecule has 0 bridgehead atoms. The van der Waals surface area contributed by atoms with Crippen LogP contribution in [0.25, 0.3) is 0 Å². The Morgan fingerprint density at radius 3 is 2.50 bits per heavy atom. The van der Waals surface area contributed by atoms with Crippen molar-refractivity contribution in [2.45, 2.75) is 29.9 Å². The number of nitrogens with zero attached hydrogens (tertiary/aromatic N) is 1. The van der Waals surface area contributed by atoms with Gasteiger partial charge in [0.25, 0.3) is 5.91 Å². The van der Waals surface area contributed by atoms with Crippen LogP contribution in [0.3, 0.4) is 0 Å². The molecule has 6 nitrogen and oxygen atoms in total. The summed E-state index contributed by atoms with van der Waals surface area (Å²) >= 11 is 1.38. The van der Waals surface area contributed by atoms with Gasteiger partial charge in [0.05, 0.1) is 0 Å². The normalized spacial score (nSPS) is 14.6. The smallest absolute Gasteiger partial charge is 0.319 e. The molecule has 0 radical (unpaired) electrons. The Morgan fingerprint density at radius 2 is 1.86 bits per heavy atom. The zero-order chi connectivity index (χ0) is 19.9. The minimum atomic E-state index is -0.438. The summed E-state index contributed by atoms with van der Waals surface area (Å²) in [5, 5.41) is 2.28. The average Bonchev–Trinajstić information content (AvgIpc) is 3.13. The molecule has 1 atom stereocenters. The monoisotopic (exact) mass is 398 g/mol. The molecule has 0 spiro atoms.